The van der Waals surface area contributed by atoms with E-state index in [4.69, 9.17) is 11.6 Å². The van der Waals surface area contributed by atoms with Gasteiger partial charge in [-0.2, -0.15) is 18.3 Å². The standard InChI is InChI=1S/C17H21ClF3N5O/c1-2-25(15(27)6-10-22-9-4-7-17(19,20)21)14-12-26(24-16(14)18)13-5-3-8-23-11-13/h3,5,8,11-12,22H,2,4,6-7,9-10H2,1H3. The van der Waals surface area contributed by atoms with Crippen LogP contribution >= 0.6 is 11.6 Å². The van der Waals surface area contributed by atoms with Crippen molar-refractivity contribution >= 4 is 23.2 Å². The van der Waals surface area contributed by atoms with Gasteiger partial charge in [-0.3, -0.25) is 9.78 Å². The summed E-state index contributed by atoms with van der Waals surface area (Å²) in [5, 5.41) is 7.24. The quantitative estimate of drug-likeness (QED) is 0.650. The maximum absolute atomic E-state index is 12.5. The van der Waals surface area contributed by atoms with Crippen molar-refractivity contribution in [3.8, 4) is 5.69 Å². The molecule has 0 aromatic carbocycles. The lowest BCUT2D eigenvalue weighted by molar-refractivity contribution is -0.135. The molecule has 2 aromatic heterocycles. The Kier molecular flexibility index (Phi) is 7.61. The zero-order valence-corrected chi connectivity index (χ0v) is 15.6. The molecule has 0 spiro atoms. The maximum atomic E-state index is 12.5. The third-order valence-corrected chi connectivity index (χ3v) is 4.07. The van der Waals surface area contributed by atoms with Gasteiger partial charge < -0.3 is 10.2 Å². The predicted molar refractivity (Wildman–Crippen MR) is 97.2 cm³/mol. The van der Waals surface area contributed by atoms with E-state index < -0.39 is 12.6 Å². The minimum absolute atomic E-state index is 0.0150. The highest BCUT2D eigenvalue weighted by molar-refractivity contribution is 6.32. The Morgan fingerprint density at radius 2 is 2.15 bits per heavy atom. The topological polar surface area (TPSA) is 63.1 Å². The number of nitrogens with one attached hydrogen (secondary N) is 1. The molecule has 2 heterocycles. The van der Waals surface area contributed by atoms with Crippen molar-refractivity contribution < 1.29 is 18.0 Å². The number of hydrogen-bond donors (Lipinski definition) is 1. The SMILES string of the molecule is CCN(C(=O)CCNCCCC(F)(F)F)c1cn(-c2cccnc2)nc1Cl. The number of anilines is 1. The highest BCUT2D eigenvalue weighted by Crippen LogP contribution is 2.26. The molecule has 1 amide bonds. The Bertz CT molecular complexity index is 736. The molecule has 2 aromatic rings. The normalized spacial score (nSPS) is 11.6. The van der Waals surface area contributed by atoms with E-state index in [1.165, 1.54) is 9.58 Å². The summed E-state index contributed by atoms with van der Waals surface area (Å²) in [5.74, 6) is -0.187. The van der Waals surface area contributed by atoms with Crippen LogP contribution in [0.25, 0.3) is 5.69 Å². The Balaban J connectivity index is 1.90. The molecular weight excluding hydrogens is 383 g/mol. The lowest BCUT2D eigenvalue weighted by Gasteiger charge is -2.19. The summed E-state index contributed by atoms with van der Waals surface area (Å²) in [6.45, 7) is 2.71. The maximum Gasteiger partial charge on any atom is 0.389 e. The van der Waals surface area contributed by atoms with Crippen molar-refractivity contribution in [1.82, 2.24) is 20.1 Å². The summed E-state index contributed by atoms with van der Waals surface area (Å²) < 4.78 is 37.8. The Morgan fingerprint density at radius 1 is 1.37 bits per heavy atom. The van der Waals surface area contributed by atoms with Crippen LogP contribution in [0.1, 0.15) is 26.2 Å². The molecule has 148 valence electrons. The highest BCUT2D eigenvalue weighted by Gasteiger charge is 2.25. The van der Waals surface area contributed by atoms with Gasteiger partial charge in [-0.15, -0.1) is 0 Å². The number of amides is 1. The van der Waals surface area contributed by atoms with E-state index in [-0.39, 0.29) is 30.4 Å². The Labute approximate surface area is 160 Å². The smallest absolute Gasteiger partial charge is 0.316 e. The number of carbonyl (C=O) groups is 1. The van der Waals surface area contributed by atoms with Gasteiger partial charge in [0, 0.05) is 32.1 Å². The molecule has 0 aliphatic rings. The molecule has 0 unspecified atom stereocenters. The number of hydrogen-bond acceptors (Lipinski definition) is 4. The number of rotatable bonds is 9. The van der Waals surface area contributed by atoms with Gasteiger partial charge >= 0.3 is 6.18 Å². The molecule has 27 heavy (non-hydrogen) atoms. The molecule has 0 saturated heterocycles. The molecular formula is C17H21ClF3N5O. The molecule has 0 aliphatic carbocycles. The fourth-order valence-electron chi connectivity index (χ4n) is 2.50. The van der Waals surface area contributed by atoms with E-state index in [1.807, 2.05) is 13.0 Å². The first-order valence-corrected chi connectivity index (χ1v) is 8.93. The van der Waals surface area contributed by atoms with Crippen LogP contribution in [-0.4, -0.2) is 46.5 Å². The molecule has 0 saturated carbocycles. The lowest BCUT2D eigenvalue weighted by atomic mass is 10.3. The fraction of sp³-hybridized carbons (Fsp3) is 0.471. The van der Waals surface area contributed by atoms with E-state index in [2.05, 4.69) is 15.4 Å². The van der Waals surface area contributed by atoms with Crippen molar-refractivity contribution in [2.24, 2.45) is 0 Å². The van der Waals surface area contributed by atoms with Gasteiger partial charge in [-0.1, -0.05) is 11.6 Å². The summed E-state index contributed by atoms with van der Waals surface area (Å²) in [4.78, 5) is 18.0. The second kappa shape index (κ2) is 9.70. The van der Waals surface area contributed by atoms with Crippen LogP contribution in [-0.2, 0) is 4.79 Å². The summed E-state index contributed by atoms with van der Waals surface area (Å²) in [6.07, 6.45) is 0.0553. The number of pyridine rings is 1. The second-order valence-electron chi connectivity index (χ2n) is 5.82. The van der Waals surface area contributed by atoms with Crippen LogP contribution < -0.4 is 10.2 Å². The van der Waals surface area contributed by atoms with Crippen molar-refractivity contribution in [1.29, 1.82) is 0 Å². The van der Waals surface area contributed by atoms with Gasteiger partial charge in [-0.25, -0.2) is 4.68 Å². The number of halogens is 4. The average Bonchev–Trinajstić information content (AvgIpc) is 3.00. The molecule has 2 rings (SSSR count). The van der Waals surface area contributed by atoms with Crippen molar-refractivity contribution in [2.45, 2.75) is 32.4 Å². The summed E-state index contributed by atoms with van der Waals surface area (Å²) in [5.41, 5.74) is 1.19. The van der Waals surface area contributed by atoms with Crippen LogP contribution in [0, 0.1) is 0 Å². The number of carbonyl (C=O) groups excluding carboxylic acids is 1. The van der Waals surface area contributed by atoms with Gasteiger partial charge in [0.1, 0.15) is 5.69 Å². The van der Waals surface area contributed by atoms with Gasteiger partial charge in [0.05, 0.1) is 18.1 Å². The van der Waals surface area contributed by atoms with E-state index >= 15 is 0 Å². The second-order valence-corrected chi connectivity index (χ2v) is 6.18. The molecule has 0 bridgehead atoms. The molecule has 0 fully saturated rings. The lowest BCUT2D eigenvalue weighted by Crippen LogP contribution is -2.33. The van der Waals surface area contributed by atoms with E-state index in [1.54, 1.807) is 24.7 Å². The Hall–Kier alpha value is -2.13. The molecule has 6 nitrogen and oxygen atoms in total. The van der Waals surface area contributed by atoms with Crippen molar-refractivity contribution in [3.63, 3.8) is 0 Å². The zero-order valence-electron chi connectivity index (χ0n) is 14.8. The van der Waals surface area contributed by atoms with Gasteiger partial charge in [0.15, 0.2) is 5.15 Å². The Morgan fingerprint density at radius 3 is 2.78 bits per heavy atom. The average molecular weight is 404 g/mol. The van der Waals surface area contributed by atoms with Gasteiger partial charge in [-0.05, 0) is 32.0 Å². The minimum Gasteiger partial charge on any atom is -0.316 e. The first-order valence-electron chi connectivity index (χ1n) is 8.55. The third kappa shape index (κ3) is 6.51. The van der Waals surface area contributed by atoms with E-state index in [0.717, 1.165) is 0 Å². The monoisotopic (exact) mass is 403 g/mol. The van der Waals surface area contributed by atoms with Crippen LogP contribution in [0.15, 0.2) is 30.7 Å². The summed E-state index contributed by atoms with van der Waals surface area (Å²) in [7, 11) is 0. The first kappa shape index (κ1) is 21.2. The summed E-state index contributed by atoms with van der Waals surface area (Å²) in [6, 6.07) is 3.57. The van der Waals surface area contributed by atoms with Crippen LogP contribution in [0.4, 0.5) is 18.9 Å². The minimum atomic E-state index is -4.15. The van der Waals surface area contributed by atoms with Crippen LogP contribution in [0.5, 0.6) is 0 Å². The number of aromatic nitrogens is 3. The molecule has 0 aliphatic heterocycles. The largest absolute Gasteiger partial charge is 0.389 e. The third-order valence-electron chi connectivity index (χ3n) is 3.80. The van der Waals surface area contributed by atoms with Crippen LogP contribution in [0.3, 0.4) is 0 Å². The van der Waals surface area contributed by atoms with Gasteiger partial charge in [0.25, 0.3) is 0 Å². The predicted octanol–water partition coefficient (Wildman–Crippen LogP) is 3.60. The van der Waals surface area contributed by atoms with Gasteiger partial charge in [0.2, 0.25) is 5.91 Å². The zero-order chi connectivity index (χ0) is 19.9. The van der Waals surface area contributed by atoms with E-state index in [9.17, 15) is 18.0 Å². The number of nitrogens with zero attached hydrogens (tertiary/aromatic N) is 4. The highest BCUT2D eigenvalue weighted by atomic mass is 35.5. The first-order chi connectivity index (χ1) is 12.8. The molecule has 1 N–H and O–H groups in total. The summed E-state index contributed by atoms with van der Waals surface area (Å²) >= 11 is 6.19. The van der Waals surface area contributed by atoms with Crippen molar-refractivity contribution in [2.75, 3.05) is 24.5 Å². The molecule has 0 atom stereocenters. The molecule has 0 radical (unpaired) electrons. The molecule has 10 heteroatoms. The van der Waals surface area contributed by atoms with E-state index in [0.29, 0.717) is 24.5 Å². The van der Waals surface area contributed by atoms with Crippen LogP contribution in [0.2, 0.25) is 5.15 Å². The number of alkyl halides is 3. The fourth-order valence-corrected chi connectivity index (χ4v) is 2.73. The van der Waals surface area contributed by atoms with Crippen molar-refractivity contribution in [3.05, 3.63) is 35.9 Å².